The zero-order valence-corrected chi connectivity index (χ0v) is 16.2. The van der Waals surface area contributed by atoms with Gasteiger partial charge in [0.2, 0.25) is 11.8 Å². The minimum absolute atomic E-state index is 0.00209. The number of imide groups is 1. The summed E-state index contributed by atoms with van der Waals surface area (Å²) in [5.74, 6) is -0.221. The van der Waals surface area contributed by atoms with E-state index in [1.165, 1.54) is 0 Å². The lowest BCUT2D eigenvalue weighted by atomic mass is 10.1. The second kappa shape index (κ2) is 9.90. The van der Waals surface area contributed by atoms with Crippen molar-refractivity contribution in [3.63, 3.8) is 0 Å². The third-order valence-corrected chi connectivity index (χ3v) is 5.34. The molecule has 0 aliphatic carbocycles. The van der Waals surface area contributed by atoms with Crippen molar-refractivity contribution in [2.24, 2.45) is 0 Å². The standard InChI is InChI=1S/C22H22N2O3S/c25-20(8-4-7-16-5-2-1-3-6-16)23-14-13-17-9-11-18(12-10-17)15-19-21(26)24-22(27)28-19/h1-7,9-12,19H,8,13-15H2,(H,23,25)(H,24,26,27)/b7-4+/t19-/m0/s1. The van der Waals surface area contributed by atoms with Gasteiger partial charge < -0.3 is 5.32 Å². The molecule has 3 rings (SSSR count). The lowest BCUT2D eigenvalue weighted by Crippen LogP contribution is -2.25. The van der Waals surface area contributed by atoms with E-state index in [2.05, 4.69) is 10.6 Å². The van der Waals surface area contributed by atoms with Crippen LogP contribution in [-0.2, 0) is 22.4 Å². The molecular formula is C22H22N2O3S. The topological polar surface area (TPSA) is 75.3 Å². The summed E-state index contributed by atoms with van der Waals surface area (Å²) in [7, 11) is 0. The first kappa shape index (κ1) is 19.9. The largest absolute Gasteiger partial charge is 0.356 e. The molecule has 2 N–H and O–H groups in total. The van der Waals surface area contributed by atoms with Crippen molar-refractivity contribution in [2.75, 3.05) is 6.54 Å². The van der Waals surface area contributed by atoms with Gasteiger partial charge >= 0.3 is 0 Å². The average molecular weight is 394 g/mol. The number of rotatable bonds is 8. The van der Waals surface area contributed by atoms with E-state index < -0.39 is 0 Å². The summed E-state index contributed by atoms with van der Waals surface area (Å²) < 4.78 is 0. The summed E-state index contributed by atoms with van der Waals surface area (Å²) in [6.45, 7) is 0.576. The van der Waals surface area contributed by atoms with E-state index in [0.29, 0.717) is 19.4 Å². The molecule has 1 aliphatic heterocycles. The Morgan fingerprint density at radius 3 is 2.43 bits per heavy atom. The maximum Gasteiger partial charge on any atom is 0.286 e. The third-order valence-electron chi connectivity index (χ3n) is 4.36. The van der Waals surface area contributed by atoms with Crippen LogP contribution in [-0.4, -0.2) is 28.8 Å². The normalized spacial score (nSPS) is 16.4. The lowest BCUT2D eigenvalue weighted by molar-refractivity contribution is -0.120. The van der Waals surface area contributed by atoms with E-state index in [0.717, 1.165) is 34.9 Å². The summed E-state index contributed by atoms with van der Waals surface area (Å²) >= 11 is 1.04. The van der Waals surface area contributed by atoms with E-state index in [9.17, 15) is 14.4 Å². The first-order chi connectivity index (χ1) is 13.6. The maximum atomic E-state index is 11.9. The van der Waals surface area contributed by atoms with E-state index in [-0.39, 0.29) is 22.3 Å². The molecule has 28 heavy (non-hydrogen) atoms. The Bertz CT molecular complexity index is 863. The highest BCUT2D eigenvalue weighted by molar-refractivity contribution is 8.15. The van der Waals surface area contributed by atoms with Gasteiger partial charge in [-0.1, -0.05) is 78.5 Å². The first-order valence-corrected chi connectivity index (χ1v) is 10.1. The minimum Gasteiger partial charge on any atom is -0.356 e. The van der Waals surface area contributed by atoms with Gasteiger partial charge in [-0.25, -0.2) is 0 Å². The molecule has 1 aliphatic rings. The molecule has 2 aromatic rings. The number of benzene rings is 2. The van der Waals surface area contributed by atoms with Crippen molar-refractivity contribution in [2.45, 2.75) is 24.5 Å². The fourth-order valence-electron chi connectivity index (χ4n) is 2.87. The molecular weight excluding hydrogens is 372 g/mol. The molecule has 6 heteroatoms. The number of hydrogen-bond acceptors (Lipinski definition) is 4. The van der Waals surface area contributed by atoms with Crippen molar-refractivity contribution in [1.82, 2.24) is 10.6 Å². The molecule has 5 nitrogen and oxygen atoms in total. The highest BCUT2D eigenvalue weighted by atomic mass is 32.2. The second-order valence-electron chi connectivity index (χ2n) is 6.52. The van der Waals surface area contributed by atoms with E-state index in [1.54, 1.807) is 0 Å². The van der Waals surface area contributed by atoms with Crippen molar-refractivity contribution < 1.29 is 14.4 Å². The van der Waals surface area contributed by atoms with Gasteiger partial charge in [0.05, 0.1) is 5.25 Å². The summed E-state index contributed by atoms with van der Waals surface area (Å²) in [5.41, 5.74) is 3.21. The van der Waals surface area contributed by atoms with Gasteiger partial charge in [-0.05, 0) is 29.5 Å². The highest BCUT2D eigenvalue weighted by Crippen LogP contribution is 2.23. The summed E-state index contributed by atoms with van der Waals surface area (Å²) in [5, 5.41) is 4.60. The molecule has 0 aromatic heterocycles. The molecule has 1 saturated heterocycles. The zero-order chi connectivity index (χ0) is 19.8. The van der Waals surface area contributed by atoms with Crippen molar-refractivity contribution in [3.05, 3.63) is 77.4 Å². The van der Waals surface area contributed by atoms with E-state index in [4.69, 9.17) is 0 Å². The quantitative estimate of drug-likeness (QED) is 0.720. The van der Waals surface area contributed by atoms with Crippen molar-refractivity contribution in [1.29, 1.82) is 0 Å². The highest BCUT2D eigenvalue weighted by Gasteiger charge is 2.31. The Morgan fingerprint density at radius 1 is 1.04 bits per heavy atom. The van der Waals surface area contributed by atoms with Crippen molar-refractivity contribution >= 4 is 34.9 Å². The number of amides is 3. The molecule has 144 valence electrons. The van der Waals surface area contributed by atoms with E-state index >= 15 is 0 Å². The molecule has 0 saturated carbocycles. The summed E-state index contributed by atoms with van der Waals surface area (Å²) in [6.07, 6.45) is 5.43. The van der Waals surface area contributed by atoms with Gasteiger partial charge in [-0.2, -0.15) is 0 Å². The Labute approximate surface area is 168 Å². The number of thioether (sulfide) groups is 1. The number of carbonyl (C=O) groups is 3. The fourth-order valence-corrected chi connectivity index (χ4v) is 3.73. The number of hydrogen-bond donors (Lipinski definition) is 2. The predicted molar refractivity (Wildman–Crippen MR) is 112 cm³/mol. The number of nitrogens with one attached hydrogen (secondary N) is 2. The third kappa shape index (κ3) is 6.09. The van der Waals surface area contributed by atoms with Gasteiger partial charge in [0, 0.05) is 13.0 Å². The fraction of sp³-hybridized carbons (Fsp3) is 0.227. The Balaban J connectivity index is 1.37. The van der Waals surface area contributed by atoms with Gasteiger partial charge in [-0.3, -0.25) is 19.7 Å². The predicted octanol–water partition coefficient (Wildman–Crippen LogP) is 3.34. The smallest absolute Gasteiger partial charge is 0.286 e. The van der Waals surface area contributed by atoms with Crippen LogP contribution >= 0.6 is 11.8 Å². The zero-order valence-electron chi connectivity index (χ0n) is 15.4. The van der Waals surface area contributed by atoms with Crippen LogP contribution in [0, 0.1) is 0 Å². The van der Waals surface area contributed by atoms with Gasteiger partial charge in [0.25, 0.3) is 5.24 Å². The average Bonchev–Trinajstić information content (AvgIpc) is 3.01. The van der Waals surface area contributed by atoms with Crippen LogP contribution in [0.1, 0.15) is 23.1 Å². The molecule has 0 radical (unpaired) electrons. The number of carbonyl (C=O) groups excluding carboxylic acids is 3. The lowest BCUT2D eigenvalue weighted by Gasteiger charge is -2.07. The van der Waals surface area contributed by atoms with Crippen LogP contribution in [0.5, 0.6) is 0 Å². The maximum absolute atomic E-state index is 11.9. The summed E-state index contributed by atoms with van der Waals surface area (Å²) in [4.78, 5) is 34.7. The van der Waals surface area contributed by atoms with Gasteiger partial charge in [-0.15, -0.1) is 0 Å². The minimum atomic E-state index is -0.346. The van der Waals surface area contributed by atoms with Gasteiger partial charge in [0.15, 0.2) is 0 Å². The van der Waals surface area contributed by atoms with Crippen LogP contribution in [0.15, 0.2) is 60.7 Å². The molecule has 0 unspecified atom stereocenters. The van der Waals surface area contributed by atoms with E-state index in [1.807, 2.05) is 66.7 Å². The molecule has 1 atom stereocenters. The monoisotopic (exact) mass is 394 g/mol. The van der Waals surface area contributed by atoms with Crippen LogP contribution in [0.2, 0.25) is 0 Å². The Hall–Kier alpha value is -2.86. The van der Waals surface area contributed by atoms with Crippen LogP contribution in [0.3, 0.4) is 0 Å². The Morgan fingerprint density at radius 2 is 1.75 bits per heavy atom. The Kier molecular flexibility index (Phi) is 7.03. The molecule has 1 heterocycles. The van der Waals surface area contributed by atoms with Crippen LogP contribution in [0.25, 0.3) is 6.08 Å². The van der Waals surface area contributed by atoms with Crippen LogP contribution in [0.4, 0.5) is 4.79 Å². The molecule has 3 amide bonds. The van der Waals surface area contributed by atoms with Gasteiger partial charge in [0.1, 0.15) is 0 Å². The second-order valence-corrected chi connectivity index (χ2v) is 7.70. The SMILES string of the molecule is O=C(C/C=C/c1ccccc1)NCCc1ccc(C[C@@H]2SC(=O)NC2=O)cc1. The molecule has 2 aromatic carbocycles. The molecule has 1 fully saturated rings. The molecule has 0 spiro atoms. The molecule has 0 bridgehead atoms. The van der Waals surface area contributed by atoms with Crippen LogP contribution < -0.4 is 10.6 Å². The van der Waals surface area contributed by atoms with Crippen molar-refractivity contribution in [3.8, 4) is 0 Å². The summed E-state index contributed by atoms with van der Waals surface area (Å²) in [6, 6.07) is 17.8. The first-order valence-electron chi connectivity index (χ1n) is 9.18.